The Bertz CT molecular complexity index is 307. The molecule has 0 bridgehead atoms. The summed E-state index contributed by atoms with van der Waals surface area (Å²) in [5.74, 6) is 0.665. The summed E-state index contributed by atoms with van der Waals surface area (Å²) in [6, 6.07) is 4.25. The van der Waals surface area contributed by atoms with E-state index >= 15 is 0 Å². The zero-order valence-electron chi connectivity index (χ0n) is 13.6. The number of unbranched alkanes of at least 4 members (excludes halogenated alkanes) is 9. The Hall–Kier alpha value is -0.850. The Morgan fingerprint density at radius 1 is 0.900 bits per heavy atom. The van der Waals surface area contributed by atoms with Gasteiger partial charge in [0, 0.05) is 12.4 Å². The second kappa shape index (κ2) is 11.9. The predicted octanol–water partition coefficient (Wildman–Crippen LogP) is 6.50. The lowest BCUT2D eigenvalue weighted by Crippen LogP contribution is -1.94. The molecule has 1 rings (SSSR count). The van der Waals surface area contributed by atoms with E-state index in [9.17, 15) is 0 Å². The van der Waals surface area contributed by atoms with Gasteiger partial charge in [-0.3, -0.25) is 4.98 Å². The third-order valence-corrected chi connectivity index (χ3v) is 4.24. The van der Waals surface area contributed by atoms with Gasteiger partial charge in [0.1, 0.15) is 0 Å². The van der Waals surface area contributed by atoms with Crippen LogP contribution in [0.5, 0.6) is 0 Å². The first kappa shape index (κ1) is 17.2. The van der Waals surface area contributed by atoms with Gasteiger partial charge in [-0.15, -0.1) is 0 Å². The third kappa shape index (κ3) is 8.35. The van der Waals surface area contributed by atoms with E-state index in [4.69, 9.17) is 0 Å². The SMILES string of the molecule is CCCCCCCCCCCCC(C)c1cccnc1. The summed E-state index contributed by atoms with van der Waals surface area (Å²) in [4.78, 5) is 4.21. The zero-order valence-corrected chi connectivity index (χ0v) is 13.6. The van der Waals surface area contributed by atoms with Gasteiger partial charge < -0.3 is 0 Å². The van der Waals surface area contributed by atoms with Crippen molar-refractivity contribution in [2.24, 2.45) is 0 Å². The maximum absolute atomic E-state index is 4.21. The van der Waals surface area contributed by atoms with Crippen molar-refractivity contribution in [3.05, 3.63) is 30.1 Å². The Morgan fingerprint density at radius 2 is 1.50 bits per heavy atom. The fraction of sp³-hybridized carbons (Fsp3) is 0.737. The molecule has 1 heteroatoms. The van der Waals surface area contributed by atoms with Crippen molar-refractivity contribution < 1.29 is 0 Å². The fourth-order valence-electron chi connectivity index (χ4n) is 2.77. The van der Waals surface area contributed by atoms with E-state index in [1.165, 1.54) is 76.2 Å². The predicted molar refractivity (Wildman–Crippen MR) is 89.1 cm³/mol. The van der Waals surface area contributed by atoms with Crippen LogP contribution in [-0.4, -0.2) is 4.98 Å². The quantitative estimate of drug-likeness (QED) is 0.397. The van der Waals surface area contributed by atoms with E-state index < -0.39 is 0 Å². The van der Waals surface area contributed by atoms with Gasteiger partial charge >= 0.3 is 0 Å². The van der Waals surface area contributed by atoms with Gasteiger partial charge in [0.2, 0.25) is 0 Å². The van der Waals surface area contributed by atoms with E-state index in [0.717, 1.165) is 0 Å². The largest absolute Gasteiger partial charge is 0.264 e. The number of hydrogen-bond acceptors (Lipinski definition) is 1. The van der Waals surface area contributed by atoms with E-state index in [0.29, 0.717) is 5.92 Å². The zero-order chi connectivity index (χ0) is 14.5. The van der Waals surface area contributed by atoms with Crippen molar-refractivity contribution in [3.8, 4) is 0 Å². The van der Waals surface area contributed by atoms with Crippen molar-refractivity contribution in [2.45, 2.75) is 90.4 Å². The highest BCUT2D eigenvalue weighted by Crippen LogP contribution is 2.21. The van der Waals surface area contributed by atoms with Crippen LogP contribution >= 0.6 is 0 Å². The van der Waals surface area contributed by atoms with Crippen LogP contribution in [0.2, 0.25) is 0 Å². The van der Waals surface area contributed by atoms with Gasteiger partial charge in [0.05, 0.1) is 0 Å². The lowest BCUT2D eigenvalue weighted by atomic mass is 9.96. The summed E-state index contributed by atoms with van der Waals surface area (Å²) < 4.78 is 0. The molecule has 0 saturated heterocycles. The number of pyridine rings is 1. The molecule has 0 aliphatic heterocycles. The van der Waals surface area contributed by atoms with Crippen LogP contribution in [0.4, 0.5) is 0 Å². The highest BCUT2D eigenvalue weighted by atomic mass is 14.6. The molecule has 114 valence electrons. The standard InChI is InChI=1S/C19H33N/c1-3-4-5-6-7-8-9-10-11-12-14-18(2)19-15-13-16-20-17-19/h13,15-18H,3-12,14H2,1-2H3. The Labute approximate surface area is 126 Å². The van der Waals surface area contributed by atoms with Gasteiger partial charge in [0.15, 0.2) is 0 Å². The average molecular weight is 275 g/mol. The average Bonchev–Trinajstić information content (AvgIpc) is 2.50. The van der Waals surface area contributed by atoms with Crippen LogP contribution in [0.1, 0.15) is 96.0 Å². The molecule has 1 unspecified atom stereocenters. The first-order valence-corrected chi connectivity index (χ1v) is 8.74. The minimum absolute atomic E-state index is 0.665. The minimum atomic E-state index is 0.665. The molecule has 0 saturated carbocycles. The van der Waals surface area contributed by atoms with E-state index in [1.54, 1.807) is 0 Å². The summed E-state index contributed by atoms with van der Waals surface area (Å²) in [5.41, 5.74) is 1.39. The molecule has 1 heterocycles. The van der Waals surface area contributed by atoms with Crippen LogP contribution < -0.4 is 0 Å². The second-order valence-electron chi connectivity index (χ2n) is 6.16. The molecular weight excluding hydrogens is 242 g/mol. The van der Waals surface area contributed by atoms with Crippen molar-refractivity contribution >= 4 is 0 Å². The van der Waals surface area contributed by atoms with Crippen LogP contribution in [0.15, 0.2) is 24.5 Å². The van der Waals surface area contributed by atoms with Crippen LogP contribution in [0.25, 0.3) is 0 Å². The maximum atomic E-state index is 4.21. The van der Waals surface area contributed by atoms with Gasteiger partial charge in [-0.1, -0.05) is 84.1 Å². The summed E-state index contributed by atoms with van der Waals surface area (Å²) >= 11 is 0. The molecule has 1 nitrogen and oxygen atoms in total. The number of rotatable bonds is 12. The Kier molecular flexibility index (Phi) is 10.3. The Morgan fingerprint density at radius 3 is 2.05 bits per heavy atom. The van der Waals surface area contributed by atoms with Gasteiger partial charge in [-0.25, -0.2) is 0 Å². The molecule has 1 atom stereocenters. The van der Waals surface area contributed by atoms with Gasteiger partial charge in [0.25, 0.3) is 0 Å². The van der Waals surface area contributed by atoms with Gasteiger partial charge in [-0.05, 0) is 24.0 Å². The topological polar surface area (TPSA) is 12.9 Å². The number of hydrogen-bond donors (Lipinski definition) is 0. The lowest BCUT2D eigenvalue weighted by Gasteiger charge is -2.10. The van der Waals surface area contributed by atoms with Crippen molar-refractivity contribution in [1.82, 2.24) is 4.98 Å². The lowest BCUT2D eigenvalue weighted by molar-refractivity contribution is 0.534. The molecule has 0 fully saturated rings. The normalized spacial score (nSPS) is 12.5. The van der Waals surface area contributed by atoms with Crippen LogP contribution in [0, 0.1) is 0 Å². The molecule has 0 spiro atoms. The molecular formula is C19H33N. The van der Waals surface area contributed by atoms with Crippen LogP contribution in [0.3, 0.4) is 0 Å². The first-order valence-electron chi connectivity index (χ1n) is 8.74. The molecule has 0 radical (unpaired) electrons. The molecule has 0 aliphatic rings. The number of nitrogens with zero attached hydrogens (tertiary/aromatic N) is 1. The molecule has 20 heavy (non-hydrogen) atoms. The molecule has 0 aliphatic carbocycles. The summed E-state index contributed by atoms with van der Waals surface area (Å²) in [6.07, 6.45) is 19.4. The third-order valence-electron chi connectivity index (χ3n) is 4.24. The summed E-state index contributed by atoms with van der Waals surface area (Å²) in [6.45, 7) is 4.61. The van der Waals surface area contributed by atoms with Crippen molar-refractivity contribution in [1.29, 1.82) is 0 Å². The van der Waals surface area contributed by atoms with Crippen molar-refractivity contribution in [2.75, 3.05) is 0 Å². The summed E-state index contributed by atoms with van der Waals surface area (Å²) in [5, 5.41) is 0. The first-order chi connectivity index (χ1) is 9.84. The van der Waals surface area contributed by atoms with Crippen LogP contribution in [-0.2, 0) is 0 Å². The molecule has 0 amide bonds. The molecule has 1 aromatic heterocycles. The number of aromatic nitrogens is 1. The smallest absolute Gasteiger partial charge is 0.0302 e. The highest BCUT2D eigenvalue weighted by molar-refractivity contribution is 5.13. The maximum Gasteiger partial charge on any atom is 0.0302 e. The van der Waals surface area contributed by atoms with E-state index in [1.807, 2.05) is 18.5 Å². The van der Waals surface area contributed by atoms with Gasteiger partial charge in [-0.2, -0.15) is 0 Å². The second-order valence-corrected chi connectivity index (χ2v) is 6.16. The fourth-order valence-corrected chi connectivity index (χ4v) is 2.77. The molecule has 0 N–H and O–H groups in total. The van der Waals surface area contributed by atoms with Crippen molar-refractivity contribution in [3.63, 3.8) is 0 Å². The Balaban J connectivity index is 1.90. The monoisotopic (exact) mass is 275 g/mol. The summed E-state index contributed by atoms with van der Waals surface area (Å²) in [7, 11) is 0. The molecule has 1 aromatic rings. The van der Waals surface area contributed by atoms with E-state index in [-0.39, 0.29) is 0 Å². The van der Waals surface area contributed by atoms with E-state index in [2.05, 4.69) is 24.9 Å². The molecule has 0 aromatic carbocycles. The minimum Gasteiger partial charge on any atom is -0.264 e. The highest BCUT2D eigenvalue weighted by Gasteiger charge is 2.04.